The van der Waals surface area contributed by atoms with E-state index >= 15 is 0 Å². The lowest BCUT2D eigenvalue weighted by Crippen LogP contribution is -2.51. The molecule has 0 radical (unpaired) electrons. The van der Waals surface area contributed by atoms with E-state index in [9.17, 15) is 32.4 Å². The molecular formula is C37H45N7O8S2. The number of nitrogens with one attached hydrogen (secondary N) is 3. The summed E-state index contributed by atoms with van der Waals surface area (Å²) in [5, 5.41) is 14.0. The number of amides is 5. The van der Waals surface area contributed by atoms with Crippen LogP contribution < -0.4 is 21.1 Å². The summed E-state index contributed by atoms with van der Waals surface area (Å²) < 4.78 is 29.6. The summed E-state index contributed by atoms with van der Waals surface area (Å²) in [4.78, 5) is 69.7. The van der Waals surface area contributed by atoms with E-state index in [-0.39, 0.29) is 22.2 Å². The Morgan fingerprint density at radius 2 is 1.54 bits per heavy atom. The molecule has 5 amide bonds. The first-order chi connectivity index (χ1) is 25.9. The number of ether oxygens (including phenoxy) is 1. The van der Waals surface area contributed by atoms with Crippen LogP contribution in [0, 0.1) is 0 Å². The molecule has 1 aliphatic rings. The van der Waals surface area contributed by atoms with Crippen molar-refractivity contribution in [1.82, 2.24) is 15.1 Å². The van der Waals surface area contributed by atoms with Gasteiger partial charge in [0.05, 0.1) is 12.0 Å². The molecule has 54 heavy (non-hydrogen) atoms. The largest absolute Gasteiger partial charge is 0.453 e. The zero-order valence-electron chi connectivity index (χ0n) is 30.2. The fourth-order valence-electron chi connectivity index (χ4n) is 5.50. The van der Waals surface area contributed by atoms with Gasteiger partial charge in [0, 0.05) is 61.0 Å². The van der Waals surface area contributed by atoms with Gasteiger partial charge in [-0.15, -0.1) is 0 Å². The third kappa shape index (κ3) is 12.1. The Morgan fingerprint density at radius 3 is 2.19 bits per heavy atom. The topological polar surface area (TPSA) is 210 Å². The van der Waals surface area contributed by atoms with Crippen molar-refractivity contribution in [1.29, 1.82) is 0 Å². The number of unbranched alkanes of at least 4 members (excludes halogenated alkanes) is 4. The molecule has 2 atom stereocenters. The lowest BCUT2D eigenvalue weighted by atomic mass is 10.1. The first kappa shape index (κ1) is 41.4. The normalized spacial score (nSPS) is 14.6. The Hall–Kier alpha value is -5.35. The number of carbonyl (C=O) groups is 4. The summed E-state index contributed by atoms with van der Waals surface area (Å²) in [7, 11) is -4.12. The number of benzene rings is 3. The molecule has 17 heteroatoms. The molecule has 0 bridgehead atoms. The van der Waals surface area contributed by atoms with Crippen molar-refractivity contribution in [3.8, 4) is 0 Å². The number of rotatable bonds is 13. The monoisotopic (exact) mass is 779 g/mol. The molecule has 1 fully saturated rings. The predicted molar refractivity (Wildman–Crippen MR) is 207 cm³/mol. The summed E-state index contributed by atoms with van der Waals surface area (Å²) in [6.45, 7) is 3.83. The molecule has 0 spiro atoms. The molecule has 2 unspecified atom stereocenters. The van der Waals surface area contributed by atoms with Crippen molar-refractivity contribution >= 4 is 66.2 Å². The standard InChI is InChI=1S/C37H45N7O8S2/c1-3-4-5-6-7-11-33(46)42-34(43-20-22-44(23-21-43)37(49)52-2)28-9-8-10-30(24-28)41-35(47)40-29-14-16-31(17-15-29)53(50)36(48)39-25-27-12-18-32(19-13-27)54(38,51)26-45/h8-10,12-19,24H,3-7,11,20-23,25H2,1-2H3,(H2,38,51)(H,39,48)(H2,40,41,47). The van der Waals surface area contributed by atoms with E-state index < -0.39 is 37.9 Å². The molecule has 4 rings (SSSR count). The highest BCUT2D eigenvalue weighted by Gasteiger charge is 2.25. The van der Waals surface area contributed by atoms with Crippen LogP contribution >= 0.6 is 0 Å². The SMILES string of the molecule is CCCCCCCC(=O)N=C(c1cccc(NC(=O)Nc2ccc(S(=O)C(=O)NCc3ccc(S(N)(=O)=C=O)cc3)cc2)c1)N1CCN(C(=O)OC)CC1. The van der Waals surface area contributed by atoms with Crippen LogP contribution in [0.2, 0.25) is 0 Å². The molecule has 0 aliphatic carbocycles. The average Bonchev–Trinajstić information content (AvgIpc) is 3.19. The van der Waals surface area contributed by atoms with Crippen molar-refractivity contribution in [3.05, 3.63) is 83.9 Å². The number of hydrogen-bond donors (Lipinski definition) is 4. The van der Waals surface area contributed by atoms with Crippen LogP contribution in [0.5, 0.6) is 0 Å². The Kier molecular flexibility index (Phi) is 15.5. The lowest BCUT2D eigenvalue weighted by Gasteiger charge is -2.35. The van der Waals surface area contributed by atoms with Gasteiger partial charge in [0.2, 0.25) is 11.1 Å². The zero-order chi connectivity index (χ0) is 39.1. The van der Waals surface area contributed by atoms with Crippen molar-refractivity contribution in [2.24, 2.45) is 10.1 Å². The summed E-state index contributed by atoms with van der Waals surface area (Å²) in [6.07, 6.45) is 4.91. The minimum Gasteiger partial charge on any atom is -0.453 e. The molecule has 0 saturated carbocycles. The second-order valence-electron chi connectivity index (χ2n) is 12.4. The van der Waals surface area contributed by atoms with E-state index in [0.29, 0.717) is 60.9 Å². The van der Waals surface area contributed by atoms with Crippen molar-refractivity contribution in [3.63, 3.8) is 0 Å². The number of carbonyl (C=O) groups excluding carboxylic acids is 5. The summed E-state index contributed by atoms with van der Waals surface area (Å²) >= 11 is 0. The van der Waals surface area contributed by atoms with Crippen LogP contribution in [-0.4, -0.2) is 85.8 Å². The number of nitrogens with zero attached hydrogens (tertiary/aromatic N) is 3. The lowest BCUT2D eigenvalue weighted by molar-refractivity contribution is -0.117. The Labute approximate surface area is 317 Å². The summed E-state index contributed by atoms with van der Waals surface area (Å²) in [5.74, 6) is 0.227. The van der Waals surface area contributed by atoms with Gasteiger partial charge in [-0.25, -0.2) is 27.9 Å². The number of nitrogens with two attached hydrogens (primary N) is 1. The van der Waals surface area contributed by atoms with Gasteiger partial charge in [-0.3, -0.25) is 9.59 Å². The second kappa shape index (κ2) is 20.2. The number of hydrogen-bond acceptors (Lipinski definition) is 8. The van der Waals surface area contributed by atoms with E-state index in [1.165, 1.54) is 60.9 Å². The van der Waals surface area contributed by atoms with Crippen molar-refractivity contribution in [2.45, 2.75) is 61.8 Å². The van der Waals surface area contributed by atoms with Gasteiger partial charge in [-0.05, 0) is 60.5 Å². The van der Waals surface area contributed by atoms with E-state index in [4.69, 9.17) is 9.88 Å². The Bertz CT molecular complexity index is 2000. The first-order valence-electron chi connectivity index (χ1n) is 17.4. The Morgan fingerprint density at radius 1 is 0.889 bits per heavy atom. The highest BCUT2D eigenvalue weighted by Crippen LogP contribution is 2.19. The van der Waals surface area contributed by atoms with Gasteiger partial charge in [0.25, 0.3) is 0 Å². The maximum atomic E-state index is 13.0. The number of amidine groups is 1. The van der Waals surface area contributed by atoms with Crippen LogP contribution in [0.25, 0.3) is 0 Å². The molecule has 1 aliphatic heterocycles. The maximum absolute atomic E-state index is 13.0. The van der Waals surface area contributed by atoms with Gasteiger partial charge >= 0.3 is 17.4 Å². The van der Waals surface area contributed by atoms with Crippen LogP contribution in [0.3, 0.4) is 0 Å². The minimum absolute atomic E-state index is 0.0250. The highest BCUT2D eigenvalue weighted by molar-refractivity contribution is 8.00. The van der Waals surface area contributed by atoms with Gasteiger partial charge in [-0.1, -0.05) is 56.9 Å². The average molecular weight is 780 g/mol. The van der Waals surface area contributed by atoms with Crippen LogP contribution in [0.4, 0.5) is 25.8 Å². The van der Waals surface area contributed by atoms with Crippen molar-refractivity contribution < 1.29 is 37.1 Å². The summed E-state index contributed by atoms with van der Waals surface area (Å²) in [6, 6.07) is 18.2. The Balaban J connectivity index is 1.36. The van der Waals surface area contributed by atoms with Gasteiger partial charge in [0.15, 0.2) is 0 Å². The van der Waals surface area contributed by atoms with Crippen LogP contribution in [0.1, 0.15) is 56.6 Å². The van der Waals surface area contributed by atoms with Crippen LogP contribution in [0.15, 0.2) is 87.6 Å². The predicted octanol–water partition coefficient (Wildman–Crippen LogP) is 4.95. The third-order valence-electron chi connectivity index (χ3n) is 8.44. The molecule has 288 valence electrons. The molecular weight excluding hydrogens is 735 g/mol. The quantitative estimate of drug-likeness (QED) is 0.0800. The fraction of sp³-hybridized carbons (Fsp3) is 0.351. The third-order valence-corrected chi connectivity index (χ3v) is 10.8. The van der Waals surface area contributed by atoms with E-state index in [0.717, 1.165) is 32.1 Å². The molecule has 1 saturated heterocycles. The zero-order valence-corrected chi connectivity index (χ0v) is 31.8. The number of methoxy groups -OCH3 is 1. The molecule has 1 heterocycles. The van der Waals surface area contributed by atoms with Gasteiger partial charge < -0.3 is 30.5 Å². The number of aliphatic imine (C=N–C) groups is 1. The van der Waals surface area contributed by atoms with E-state index in [1.807, 2.05) is 11.0 Å². The molecule has 15 nitrogen and oxygen atoms in total. The number of anilines is 2. The number of piperazine rings is 1. The van der Waals surface area contributed by atoms with Gasteiger partial charge in [-0.2, -0.15) is 4.99 Å². The minimum atomic E-state index is -3.39. The molecule has 5 N–H and O–H groups in total. The van der Waals surface area contributed by atoms with Gasteiger partial charge in [0.1, 0.15) is 26.3 Å². The molecule has 3 aromatic carbocycles. The van der Waals surface area contributed by atoms with Crippen LogP contribution in [-0.2, 0) is 41.4 Å². The van der Waals surface area contributed by atoms with Crippen molar-refractivity contribution in [2.75, 3.05) is 43.9 Å². The molecule has 3 aromatic rings. The fourth-order valence-corrected chi connectivity index (χ4v) is 6.93. The second-order valence-corrected chi connectivity index (χ2v) is 15.6. The summed E-state index contributed by atoms with van der Waals surface area (Å²) in [5.41, 5.74) is 2.05. The highest BCUT2D eigenvalue weighted by atomic mass is 32.2. The number of urea groups is 1. The maximum Gasteiger partial charge on any atom is 0.409 e. The smallest absolute Gasteiger partial charge is 0.409 e. The van der Waals surface area contributed by atoms with E-state index in [1.54, 1.807) is 23.1 Å². The first-order valence-corrected chi connectivity index (χ1v) is 20.2. The molecule has 0 aromatic heterocycles. The van der Waals surface area contributed by atoms with E-state index in [2.05, 4.69) is 27.9 Å².